The normalized spacial score (nSPS) is 4.10. The van der Waals surface area contributed by atoms with Gasteiger partial charge >= 0.3 is 47.7 Å². The number of halogens is 6. The third-order valence-corrected chi connectivity index (χ3v) is 0.914. The van der Waals surface area contributed by atoms with Gasteiger partial charge in [0.15, 0.2) is 0 Å². The first-order chi connectivity index (χ1) is 2.41. The zero-order valence-electron chi connectivity index (χ0n) is 4.65. The monoisotopic (exact) mass is 443 g/mol. The molecule has 0 fully saturated rings. The van der Waals surface area contributed by atoms with E-state index in [0.717, 1.165) is 20.2 Å². The Kier molecular flexibility index (Phi) is 167. The van der Waals surface area contributed by atoms with E-state index < -0.39 is 0 Å². The van der Waals surface area contributed by atoms with Gasteiger partial charge in [-0.25, -0.2) is 0 Å². The van der Waals surface area contributed by atoms with Crippen LogP contribution in [0.2, 0.25) is 0 Å². The fourth-order valence-electron chi connectivity index (χ4n) is 0.0315. The summed E-state index contributed by atoms with van der Waals surface area (Å²) >= 11 is 6.33. The summed E-state index contributed by atoms with van der Waals surface area (Å²) < 4.78 is 4.64. The molecule has 0 aliphatic heterocycles. The van der Waals surface area contributed by atoms with Crippen molar-refractivity contribution in [2.75, 3.05) is 12.5 Å². The van der Waals surface area contributed by atoms with Crippen molar-refractivity contribution >= 4 is 73.6 Å². The SMILES string of the molecule is Cl.Cl.Cl.Cl.Cl.ClCC[O][W]. The number of rotatable bonds is 2. The molecule has 0 rings (SSSR count). The third-order valence-electron chi connectivity index (χ3n) is 0.160. The van der Waals surface area contributed by atoms with Crippen LogP contribution in [0.5, 0.6) is 0 Å². The Hall–Kier alpha value is 2.39. The molecule has 0 aliphatic carbocycles. The van der Waals surface area contributed by atoms with Gasteiger partial charge in [0, 0.05) is 0 Å². The summed E-state index contributed by atoms with van der Waals surface area (Å²) in [5, 5.41) is 0. The van der Waals surface area contributed by atoms with Crippen molar-refractivity contribution in [3.63, 3.8) is 0 Å². The number of hydrogen-bond acceptors (Lipinski definition) is 1. The minimum atomic E-state index is 0. The summed E-state index contributed by atoms with van der Waals surface area (Å²) in [5.74, 6) is 0.615. The molecule has 0 heterocycles. The average Bonchev–Trinajstić information content (AvgIpc) is 1.41. The minimum absolute atomic E-state index is 0. The van der Waals surface area contributed by atoms with Crippen LogP contribution in [0.15, 0.2) is 0 Å². The van der Waals surface area contributed by atoms with Gasteiger partial charge in [-0.3, -0.25) is 0 Å². The molecular weight excluding hydrogens is 437 g/mol. The first kappa shape index (κ1) is 39.4. The van der Waals surface area contributed by atoms with Gasteiger partial charge in [0.1, 0.15) is 0 Å². The molecule has 0 aromatic rings. The topological polar surface area (TPSA) is 9.23 Å². The Balaban J connectivity index is -0.00000000800. The van der Waals surface area contributed by atoms with E-state index in [1.165, 1.54) is 0 Å². The predicted octanol–water partition coefficient (Wildman–Crippen LogP) is 2.81. The molecule has 0 N–H and O–H groups in total. The van der Waals surface area contributed by atoms with Crippen molar-refractivity contribution in [2.45, 2.75) is 0 Å². The van der Waals surface area contributed by atoms with Crippen molar-refractivity contribution in [1.82, 2.24) is 0 Å². The summed E-state index contributed by atoms with van der Waals surface area (Å²) in [5.41, 5.74) is 0. The molecule has 0 spiro atoms. The van der Waals surface area contributed by atoms with E-state index in [1.54, 1.807) is 0 Å². The molecule has 0 aliphatic rings. The molecule has 0 unspecified atom stereocenters. The summed E-state index contributed by atoms with van der Waals surface area (Å²) in [6, 6.07) is 0. The molecule has 8 heteroatoms. The molecule has 0 saturated carbocycles. The molecule has 0 radical (unpaired) electrons. The molecule has 0 amide bonds. The quantitative estimate of drug-likeness (QED) is 0.594. The van der Waals surface area contributed by atoms with Crippen LogP contribution in [0, 0.1) is 0 Å². The summed E-state index contributed by atoms with van der Waals surface area (Å²) in [4.78, 5) is 0. The van der Waals surface area contributed by atoms with Gasteiger partial charge in [0.25, 0.3) is 0 Å². The van der Waals surface area contributed by atoms with Gasteiger partial charge in [-0.2, -0.15) is 0 Å². The molecule has 71 valence electrons. The van der Waals surface area contributed by atoms with E-state index >= 15 is 0 Å². The third kappa shape index (κ3) is 47.5. The molecular formula is C2H9Cl6OW. The second kappa shape index (κ2) is 42.3. The summed E-state index contributed by atoms with van der Waals surface area (Å²) in [7, 11) is 0. The zero-order valence-corrected chi connectivity index (χ0v) is 12.4. The van der Waals surface area contributed by atoms with Gasteiger partial charge in [0.2, 0.25) is 0 Å². The first-order valence-electron chi connectivity index (χ1n) is 1.22. The molecule has 0 aromatic carbocycles. The van der Waals surface area contributed by atoms with E-state index in [-0.39, 0.29) is 62.0 Å². The predicted molar refractivity (Wildman–Crippen MR) is 52.9 cm³/mol. The van der Waals surface area contributed by atoms with Crippen LogP contribution >= 0.6 is 73.6 Å². The Morgan fingerprint density at radius 3 is 1.30 bits per heavy atom. The second-order valence-electron chi connectivity index (χ2n) is 0.511. The van der Waals surface area contributed by atoms with Crippen LogP contribution in [0.3, 0.4) is 0 Å². The van der Waals surface area contributed by atoms with E-state index in [2.05, 4.69) is 3.39 Å². The summed E-state index contributed by atoms with van der Waals surface area (Å²) in [6.07, 6.45) is 0. The van der Waals surface area contributed by atoms with E-state index in [1.807, 2.05) is 0 Å². The molecule has 0 aromatic heterocycles. The van der Waals surface area contributed by atoms with Crippen molar-refractivity contribution in [2.24, 2.45) is 0 Å². The first-order valence-corrected chi connectivity index (χ1v) is 2.95. The molecule has 0 bridgehead atoms. The Labute approximate surface area is 109 Å². The second-order valence-corrected chi connectivity index (χ2v) is 1.74. The standard InChI is InChI=1S/C2H4ClO.5ClH.W/c3-1-2-4;;;;;;/h1-2H2;5*1H;/q-1;;;;;;+1. The van der Waals surface area contributed by atoms with Crippen molar-refractivity contribution in [3.8, 4) is 0 Å². The van der Waals surface area contributed by atoms with E-state index in [4.69, 9.17) is 11.6 Å². The van der Waals surface area contributed by atoms with Crippen LogP contribution < -0.4 is 0 Å². The Morgan fingerprint density at radius 1 is 1.00 bits per heavy atom. The van der Waals surface area contributed by atoms with Crippen LogP contribution in [0.25, 0.3) is 0 Å². The van der Waals surface area contributed by atoms with Gasteiger partial charge < -0.3 is 0 Å². The maximum absolute atomic E-state index is 5.19. The van der Waals surface area contributed by atoms with Crippen LogP contribution in [-0.2, 0) is 23.6 Å². The molecule has 0 saturated heterocycles. The van der Waals surface area contributed by atoms with Gasteiger partial charge in [-0.1, -0.05) is 0 Å². The molecule has 0 atom stereocenters. The Bertz CT molecular complexity index is 23.2. The Morgan fingerprint density at radius 2 is 1.30 bits per heavy atom. The van der Waals surface area contributed by atoms with Crippen molar-refractivity contribution in [3.05, 3.63) is 0 Å². The van der Waals surface area contributed by atoms with Crippen molar-refractivity contribution in [1.29, 1.82) is 0 Å². The summed E-state index contributed by atoms with van der Waals surface area (Å²) in [6.45, 7) is 0.691. The van der Waals surface area contributed by atoms with Gasteiger partial charge in [0.05, 0.1) is 0 Å². The van der Waals surface area contributed by atoms with E-state index in [9.17, 15) is 0 Å². The maximum atomic E-state index is 5.19. The number of hydrogen-bond donors (Lipinski definition) is 0. The number of alkyl halides is 1. The molecule has 1 nitrogen and oxygen atoms in total. The van der Waals surface area contributed by atoms with Gasteiger partial charge in [-0.15, -0.1) is 62.0 Å². The fraction of sp³-hybridized carbons (Fsp3) is 1.00. The van der Waals surface area contributed by atoms with Crippen LogP contribution in [0.4, 0.5) is 0 Å². The van der Waals surface area contributed by atoms with E-state index in [0.29, 0.717) is 12.5 Å². The van der Waals surface area contributed by atoms with Crippen LogP contribution in [0.1, 0.15) is 0 Å². The van der Waals surface area contributed by atoms with Crippen LogP contribution in [-0.4, -0.2) is 12.5 Å². The van der Waals surface area contributed by atoms with Crippen molar-refractivity contribution < 1.29 is 23.6 Å². The fourth-order valence-corrected chi connectivity index (χ4v) is 0.773. The molecule has 10 heavy (non-hydrogen) atoms. The average molecular weight is 446 g/mol. The zero-order chi connectivity index (χ0) is 4.12. The van der Waals surface area contributed by atoms with Gasteiger partial charge in [-0.05, 0) is 0 Å².